The van der Waals surface area contributed by atoms with Crippen molar-refractivity contribution >= 4 is 23.2 Å². The number of hydrogen-bond donors (Lipinski definition) is 3. The minimum atomic E-state index is -0.236. The first-order chi connectivity index (χ1) is 12.6. The van der Waals surface area contributed by atoms with Crippen LogP contribution in [0.15, 0.2) is 48.5 Å². The summed E-state index contributed by atoms with van der Waals surface area (Å²) in [6.07, 6.45) is 2.49. The van der Waals surface area contributed by atoms with Crippen molar-refractivity contribution in [2.24, 2.45) is 0 Å². The quantitative estimate of drug-likeness (QED) is 0.697. The van der Waals surface area contributed by atoms with Gasteiger partial charge in [-0.3, -0.25) is 9.59 Å². The molecule has 2 aromatic rings. The third-order valence-electron chi connectivity index (χ3n) is 4.47. The van der Waals surface area contributed by atoms with E-state index in [0.29, 0.717) is 29.0 Å². The van der Waals surface area contributed by atoms with Gasteiger partial charge in [0.1, 0.15) is 0 Å². The van der Waals surface area contributed by atoms with E-state index < -0.39 is 0 Å². The van der Waals surface area contributed by atoms with Crippen LogP contribution in [0.1, 0.15) is 33.6 Å². The maximum atomic E-state index is 12.2. The van der Waals surface area contributed by atoms with Crippen molar-refractivity contribution in [3.05, 3.63) is 59.7 Å². The second-order valence-electron chi connectivity index (χ2n) is 6.46. The number of carbonyl (C=O) groups is 2. The molecule has 1 fully saturated rings. The Hall–Kier alpha value is -2.86. The molecule has 1 saturated heterocycles. The smallest absolute Gasteiger partial charge is 0.255 e. The molecule has 1 aliphatic heterocycles. The number of hydrogen-bond acceptors (Lipinski definition) is 4. The van der Waals surface area contributed by atoms with Crippen LogP contribution in [0, 0.1) is 0 Å². The molecular weight excluding hydrogens is 328 g/mol. The van der Waals surface area contributed by atoms with Gasteiger partial charge in [0.2, 0.25) is 0 Å². The largest absolute Gasteiger partial charge is 0.399 e. The van der Waals surface area contributed by atoms with Crippen molar-refractivity contribution in [2.45, 2.75) is 12.8 Å². The second kappa shape index (κ2) is 8.49. The number of nitrogens with zero attached hydrogens (tertiary/aromatic N) is 1. The highest BCUT2D eigenvalue weighted by atomic mass is 16.2. The molecular formula is C20H24N4O2. The maximum absolute atomic E-state index is 12.2. The zero-order valence-corrected chi connectivity index (χ0v) is 14.7. The first-order valence-electron chi connectivity index (χ1n) is 8.89. The van der Waals surface area contributed by atoms with Crippen LogP contribution < -0.4 is 16.4 Å². The van der Waals surface area contributed by atoms with Gasteiger partial charge in [-0.1, -0.05) is 6.07 Å². The molecule has 26 heavy (non-hydrogen) atoms. The van der Waals surface area contributed by atoms with Gasteiger partial charge in [-0.25, -0.2) is 0 Å². The van der Waals surface area contributed by atoms with Gasteiger partial charge in [-0.05, 0) is 68.4 Å². The minimum absolute atomic E-state index is 0.0992. The van der Waals surface area contributed by atoms with E-state index in [1.54, 1.807) is 48.5 Å². The molecule has 3 rings (SSSR count). The Labute approximate surface area is 153 Å². The average Bonchev–Trinajstić information content (AvgIpc) is 3.15. The monoisotopic (exact) mass is 352 g/mol. The standard InChI is InChI=1S/C20H24N4O2/c21-17-5-3-4-16(14-17)20(26)23-18-8-6-15(7-9-18)19(25)22-10-13-24-11-1-2-12-24/h3-9,14H,1-2,10-13,21H2,(H,22,25)(H,23,26). The van der Waals surface area contributed by atoms with Crippen LogP contribution in [0.25, 0.3) is 0 Å². The summed E-state index contributed by atoms with van der Waals surface area (Å²) >= 11 is 0. The average molecular weight is 352 g/mol. The number of nitrogen functional groups attached to an aromatic ring is 1. The number of benzene rings is 2. The predicted molar refractivity (Wildman–Crippen MR) is 103 cm³/mol. The summed E-state index contributed by atoms with van der Waals surface area (Å²) < 4.78 is 0. The maximum Gasteiger partial charge on any atom is 0.255 e. The van der Waals surface area contributed by atoms with Crippen molar-refractivity contribution < 1.29 is 9.59 Å². The lowest BCUT2D eigenvalue weighted by atomic mass is 10.1. The molecule has 0 aromatic heterocycles. The zero-order chi connectivity index (χ0) is 18.4. The topological polar surface area (TPSA) is 87.5 Å². The molecule has 0 saturated carbocycles. The van der Waals surface area contributed by atoms with E-state index in [-0.39, 0.29) is 11.8 Å². The Morgan fingerprint density at radius 1 is 0.962 bits per heavy atom. The van der Waals surface area contributed by atoms with Gasteiger partial charge in [0.15, 0.2) is 0 Å². The minimum Gasteiger partial charge on any atom is -0.399 e. The molecule has 0 radical (unpaired) electrons. The van der Waals surface area contributed by atoms with Gasteiger partial charge in [-0.2, -0.15) is 0 Å². The molecule has 1 heterocycles. The van der Waals surface area contributed by atoms with Gasteiger partial charge < -0.3 is 21.3 Å². The molecule has 2 aromatic carbocycles. The van der Waals surface area contributed by atoms with E-state index in [1.807, 2.05) is 0 Å². The molecule has 0 spiro atoms. The number of nitrogens with two attached hydrogens (primary N) is 1. The highest BCUT2D eigenvalue weighted by Gasteiger charge is 2.12. The van der Waals surface area contributed by atoms with Gasteiger partial charge in [-0.15, -0.1) is 0 Å². The van der Waals surface area contributed by atoms with Crippen LogP contribution in [0.5, 0.6) is 0 Å². The van der Waals surface area contributed by atoms with Crippen molar-refractivity contribution in [2.75, 3.05) is 37.2 Å². The Balaban J connectivity index is 1.50. The Morgan fingerprint density at radius 2 is 1.69 bits per heavy atom. The van der Waals surface area contributed by atoms with Gasteiger partial charge >= 0.3 is 0 Å². The number of amides is 2. The first kappa shape index (κ1) is 17.9. The summed E-state index contributed by atoms with van der Waals surface area (Å²) in [5.41, 5.74) is 7.94. The Bertz CT molecular complexity index is 768. The molecule has 136 valence electrons. The zero-order valence-electron chi connectivity index (χ0n) is 14.7. The van der Waals surface area contributed by atoms with Crippen LogP contribution in [0.2, 0.25) is 0 Å². The summed E-state index contributed by atoms with van der Waals surface area (Å²) in [4.78, 5) is 26.7. The summed E-state index contributed by atoms with van der Waals surface area (Å²) in [5.74, 6) is -0.335. The van der Waals surface area contributed by atoms with Crippen LogP contribution in [0.4, 0.5) is 11.4 Å². The lowest BCUT2D eigenvalue weighted by Crippen LogP contribution is -2.33. The molecule has 0 unspecified atom stereocenters. The summed E-state index contributed by atoms with van der Waals surface area (Å²) in [7, 11) is 0. The molecule has 0 bridgehead atoms. The third-order valence-corrected chi connectivity index (χ3v) is 4.47. The van der Waals surface area contributed by atoms with Crippen molar-refractivity contribution in [3.8, 4) is 0 Å². The number of nitrogens with one attached hydrogen (secondary N) is 2. The van der Waals surface area contributed by atoms with E-state index in [4.69, 9.17) is 5.73 Å². The van der Waals surface area contributed by atoms with Crippen LogP contribution >= 0.6 is 0 Å². The predicted octanol–water partition coefficient (Wildman–Crippen LogP) is 2.35. The summed E-state index contributed by atoms with van der Waals surface area (Å²) in [6, 6.07) is 13.7. The number of likely N-dealkylation sites (tertiary alicyclic amines) is 1. The summed E-state index contributed by atoms with van der Waals surface area (Å²) in [6.45, 7) is 3.78. The fourth-order valence-electron chi connectivity index (χ4n) is 3.02. The number of carbonyl (C=O) groups excluding carboxylic acids is 2. The molecule has 2 amide bonds. The summed E-state index contributed by atoms with van der Waals surface area (Å²) in [5, 5.41) is 5.74. The lowest BCUT2D eigenvalue weighted by Gasteiger charge is -2.14. The van der Waals surface area contributed by atoms with E-state index in [0.717, 1.165) is 19.6 Å². The van der Waals surface area contributed by atoms with Crippen molar-refractivity contribution in [1.82, 2.24) is 10.2 Å². The van der Waals surface area contributed by atoms with Gasteiger partial charge in [0.05, 0.1) is 0 Å². The Kier molecular flexibility index (Phi) is 5.86. The third kappa shape index (κ3) is 4.83. The Morgan fingerprint density at radius 3 is 2.38 bits per heavy atom. The fourth-order valence-corrected chi connectivity index (χ4v) is 3.02. The highest BCUT2D eigenvalue weighted by Crippen LogP contribution is 2.13. The van der Waals surface area contributed by atoms with E-state index >= 15 is 0 Å². The van der Waals surface area contributed by atoms with Crippen molar-refractivity contribution in [3.63, 3.8) is 0 Å². The normalized spacial score (nSPS) is 14.2. The van der Waals surface area contributed by atoms with E-state index in [9.17, 15) is 9.59 Å². The van der Waals surface area contributed by atoms with Crippen LogP contribution in [-0.4, -0.2) is 42.9 Å². The number of anilines is 2. The van der Waals surface area contributed by atoms with Crippen molar-refractivity contribution in [1.29, 1.82) is 0 Å². The first-order valence-corrected chi connectivity index (χ1v) is 8.89. The molecule has 6 nitrogen and oxygen atoms in total. The molecule has 0 aliphatic carbocycles. The second-order valence-corrected chi connectivity index (χ2v) is 6.46. The van der Waals surface area contributed by atoms with Gasteiger partial charge in [0.25, 0.3) is 11.8 Å². The molecule has 1 aliphatic rings. The SMILES string of the molecule is Nc1cccc(C(=O)Nc2ccc(C(=O)NCCN3CCCC3)cc2)c1. The number of rotatable bonds is 6. The molecule has 6 heteroatoms. The fraction of sp³-hybridized carbons (Fsp3) is 0.300. The lowest BCUT2D eigenvalue weighted by molar-refractivity contribution is 0.0949. The van der Waals surface area contributed by atoms with E-state index in [2.05, 4.69) is 15.5 Å². The van der Waals surface area contributed by atoms with Gasteiger partial charge in [0, 0.05) is 35.6 Å². The van der Waals surface area contributed by atoms with E-state index in [1.165, 1.54) is 12.8 Å². The molecule has 0 atom stereocenters. The van der Waals surface area contributed by atoms with Crippen LogP contribution in [0.3, 0.4) is 0 Å². The molecule has 4 N–H and O–H groups in total. The highest BCUT2D eigenvalue weighted by molar-refractivity contribution is 6.05. The van der Waals surface area contributed by atoms with Crippen LogP contribution in [-0.2, 0) is 0 Å².